The van der Waals surface area contributed by atoms with Crippen LogP contribution in [0.15, 0.2) is 30.3 Å². The number of nitrogens with one attached hydrogen (secondary N) is 2. The lowest BCUT2D eigenvalue weighted by atomic mass is 10.1. The van der Waals surface area contributed by atoms with Gasteiger partial charge in [-0.2, -0.15) is 0 Å². The lowest BCUT2D eigenvalue weighted by Crippen LogP contribution is -2.22. The topological polar surface area (TPSA) is 127 Å². The van der Waals surface area contributed by atoms with Crippen molar-refractivity contribution in [2.45, 2.75) is 25.7 Å². The van der Waals surface area contributed by atoms with Gasteiger partial charge in [-0.25, -0.2) is 9.97 Å². The highest BCUT2D eigenvalue weighted by Crippen LogP contribution is 2.31. The van der Waals surface area contributed by atoms with Gasteiger partial charge < -0.3 is 25.9 Å². The van der Waals surface area contributed by atoms with Crippen LogP contribution in [0.3, 0.4) is 0 Å². The van der Waals surface area contributed by atoms with Gasteiger partial charge in [0.05, 0.1) is 17.7 Å². The van der Waals surface area contributed by atoms with Crippen molar-refractivity contribution in [1.82, 2.24) is 24.8 Å². The normalized spacial score (nSPS) is 20.5. The molecule has 0 spiro atoms. The van der Waals surface area contributed by atoms with E-state index in [1.807, 2.05) is 13.0 Å². The number of fused-ring (bicyclic) bond motifs is 2. The number of hydrogen-bond acceptors (Lipinski definition) is 6. The Bertz CT molecular complexity index is 1170. The molecule has 4 heterocycles. The Hall–Kier alpha value is -2.94. The highest BCUT2D eigenvalue weighted by atomic mass is 16.3. The Morgan fingerprint density at radius 3 is 2.68 bits per heavy atom. The molecule has 0 amide bonds. The van der Waals surface area contributed by atoms with E-state index in [9.17, 15) is 10.2 Å². The number of anilines is 1. The number of β-amino-alcohol motifs (C(OH)–C–C–N with tert-alkyl or cyclic N) is 2. The van der Waals surface area contributed by atoms with Gasteiger partial charge in [-0.15, -0.1) is 0 Å². The summed E-state index contributed by atoms with van der Waals surface area (Å²) in [5.74, 6) is 1.22. The van der Waals surface area contributed by atoms with Gasteiger partial charge in [0.25, 0.3) is 0 Å². The summed E-state index contributed by atoms with van der Waals surface area (Å²) in [6, 6.07) is 10.2. The number of aromatic nitrogens is 4. The molecule has 3 aromatic heterocycles. The first-order chi connectivity index (χ1) is 13.5. The first-order valence-corrected chi connectivity index (χ1v) is 9.29. The van der Waals surface area contributed by atoms with Gasteiger partial charge in [-0.05, 0) is 36.8 Å². The minimum atomic E-state index is -0.667. The number of likely N-dealkylation sites (tertiary alicyclic amines) is 1. The van der Waals surface area contributed by atoms with Crippen LogP contribution in [-0.2, 0) is 6.54 Å². The molecular weight excluding hydrogens is 356 g/mol. The van der Waals surface area contributed by atoms with Crippen molar-refractivity contribution in [3.63, 3.8) is 0 Å². The maximum Gasteiger partial charge on any atom is 0.180 e. The van der Waals surface area contributed by atoms with E-state index in [2.05, 4.69) is 49.1 Å². The van der Waals surface area contributed by atoms with E-state index in [1.165, 1.54) is 0 Å². The maximum atomic E-state index is 9.74. The van der Waals surface area contributed by atoms with E-state index in [1.54, 1.807) is 0 Å². The smallest absolute Gasteiger partial charge is 0.180 e. The van der Waals surface area contributed by atoms with Crippen molar-refractivity contribution in [2.24, 2.45) is 0 Å². The molecule has 1 saturated heterocycles. The number of aliphatic hydroxyl groups excluding tert-OH is 2. The molecule has 0 unspecified atom stereocenters. The summed E-state index contributed by atoms with van der Waals surface area (Å²) in [6.07, 6.45) is -1.33. The molecule has 0 bridgehead atoms. The summed E-state index contributed by atoms with van der Waals surface area (Å²) in [7, 11) is 0. The number of nitrogen functional groups attached to an aromatic ring is 1. The maximum absolute atomic E-state index is 9.74. The zero-order chi connectivity index (χ0) is 19.4. The number of aromatic amines is 2. The van der Waals surface area contributed by atoms with E-state index in [-0.39, 0.29) is 0 Å². The molecule has 5 rings (SSSR count). The number of nitrogens with two attached hydrogens (primary N) is 1. The van der Waals surface area contributed by atoms with Gasteiger partial charge in [0.1, 0.15) is 11.6 Å². The number of hydrogen-bond donors (Lipinski definition) is 5. The standard InChI is InChI=1S/C20H22N6O2/c1-10-22-19-13(6-18(21)25-20(19)23-10)15-5-12-4-11(2-3-14(12)24-15)7-26-8-16(27)17(28)9-26/h2-6,16-17,24,27-28H,7-9H2,1H3,(H3,21,22,23,25)/t16-,17+. The summed E-state index contributed by atoms with van der Waals surface area (Å²) >= 11 is 0. The minimum Gasteiger partial charge on any atom is -0.389 e. The zero-order valence-electron chi connectivity index (χ0n) is 15.5. The molecule has 0 saturated carbocycles. The molecule has 0 aliphatic carbocycles. The van der Waals surface area contributed by atoms with E-state index in [4.69, 9.17) is 5.73 Å². The fraction of sp³-hybridized carbons (Fsp3) is 0.300. The van der Waals surface area contributed by atoms with E-state index < -0.39 is 12.2 Å². The second-order valence-corrected chi connectivity index (χ2v) is 7.55. The van der Waals surface area contributed by atoms with Crippen LogP contribution in [0.25, 0.3) is 33.3 Å². The van der Waals surface area contributed by atoms with E-state index in [0.29, 0.717) is 31.1 Å². The van der Waals surface area contributed by atoms with Crippen LogP contribution in [-0.4, -0.2) is 60.3 Å². The molecule has 1 aliphatic rings. The van der Waals surface area contributed by atoms with Crippen LogP contribution in [0.5, 0.6) is 0 Å². The predicted molar refractivity (Wildman–Crippen MR) is 108 cm³/mol. The Labute approximate surface area is 161 Å². The summed E-state index contributed by atoms with van der Waals surface area (Å²) < 4.78 is 0. The highest BCUT2D eigenvalue weighted by Gasteiger charge is 2.29. The van der Waals surface area contributed by atoms with E-state index in [0.717, 1.165) is 39.1 Å². The third-order valence-electron chi connectivity index (χ3n) is 5.32. The molecule has 6 N–H and O–H groups in total. The SMILES string of the molecule is Cc1nc2nc(N)cc(-c3cc4cc(CN5C[C@@H](O)[C@@H](O)C5)ccc4[nH]3)c2[nH]1. The zero-order valence-corrected chi connectivity index (χ0v) is 15.5. The van der Waals surface area contributed by atoms with Crippen molar-refractivity contribution in [3.8, 4) is 11.3 Å². The summed E-state index contributed by atoms with van der Waals surface area (Å²) in [5.41, 5.74) is 11.5. The average molecular weight is 378 g/mol. The molecule has 2 atom stereocenters. The fourth-order valence-corrected chi connectivity index (χ4v) is 4.00. The third kappa shape index (κ3) is 2.91. The molecule has 1 fully saturated rings. The Balaban J connectivity index is 1.51. The van der Waals surface area contributed by atoms with Gasteiger partial charge >= 0.3 is 0 Å². The largest absolute Gasteiger partial charge is 0.389 e. The number of benzene rings is 1. The van der Waals surface area contributed by atoms with Gasteiger partial charge in [0.2, 0.25) is 0 Å². The molecule has 8 heteroatoms. The predicted octanol–water partition coefficient (Wildman–Crippen LogP) is 1.53. The van der Waals surface area contributed by atoms with E-state index >= 15 is 0 Å². The Morgan fingerprint density at radius 2 is 1.89 bits per heavy atom. The van der Waals surface area contributed by atoms with Crippen LogP contribution in [0, 0.1) is 6.92 Å². The van der Waals surface area contributed by atoms with Gasteiger partial charge in [0, 0.05) is 41.8 Å². The number of H-pyrrole nitrogens is 2. The van der Waals surface area contributed by atoms with Crippen molar-refractivity contribution < 1.29 is 10.2 Å². The molecule has 0 radical (unpaired) electrons. The number of aliphatic hydroxyl groups is 2. The van der Waals surface area contributed by atoms with Crippen molar-refractivity contribution >= 4 is 27.9 Å². The monoisotopic (exact) mass is 378 g/mol. The average Bonchev–Trinajstić information content (AvgIpc) is 3.30. The molecule has 1 aliphatic heterocycles. The number of rotatable bonds is 3. The summed E-state index contributed by atoms with van der Waals surface area (Å²) in [4.78, 5) is 17.5. The fourth-order valence-electron chi connectivity index (χ4n) is 4.00. The van der Waals surface area contributed by atoms with Crippen molar-refractivity contribution in [1.29, 1.82) is 0 Å². The van der Waals surface area contributed by atoms with Crippen molar-refractivity contribution in [2.75, 3.05) is 18.8 Å². The first-order valence-electron chi connectivity index (χ1n) is 9.29. The second-order valence-electron chi connectivity index (χ2n) is 7.55. The third-order valence-corrected chi connectivity index (χ3v) is 5.32. The van der Waals surface area contributed by atoms with Crippen LogP contribution < -0.4 is 5.73 Å². The molecule has 1 aromatic carbocycles. The molecule has 28 heavy (non-hydrogen) atoms. The number of nitrogens with zero attached hydrogens (tertiary/aromatic N) is 3. The lowest BCUT2D eigenvalue weighted by molar-refractivity contribution is 0.0572. The number of pyridine rings is 1. The van der Waals surface area contributed by atoms with Crippen LogP contribution in [0.2, 0.25) is 0 Å². The quantitative estimate of drug-likeness (QED) is 0.368. The minimum absolute atomic E-state index is 0.430. The second kappa shape index (κ2) is 6.30. The Morgan fingerprint density at radius 1 is 1.11 bits per heavy atom. The van der Waals surface area contributed by atoms with Crippen LogP contribution >= 0.6 is 0 Å². The number of aryl methyl sites for hydroxylation is 1. The van der Waals surface area contributed by atoms with Crippen LogP contribution in [0.1, 0.15) is 11.4 Å². The molecular formula is C20H22N6O2. The summed E-state index contributed by atoms with van der Waals surface area (Å²) in [5, 5.41) is 20.6. The van der Waals surface area contributed by atoms with Gasteiger partial charge in [-0.3, -0.25) is 4.90 Å². The first kappa shape index (κ1) is 17.2. The van der Waals surface area contributed by atoms with Gasteiger partial charge in [0.15, 0.2) is 5.65 Å². The Kier molecular flexibility index (Phi) is 3.87. The van der Waals surface area contributed by atoms with Gasteiger partial charge in [-0.1, -0.05) is 6.07 Å². The van der Waals surface area contributed by atoms with Crippen LogP contribution in [0.4, 0.5) is 5.82 Å². The summed E-state index contributed by atoms with van der Waals surface area (Å²) in [6.45, 7) is 3.57. The van der Waals surface area contributed by atoms with Crippen molar-refractivity contribution in [3.05, 3.63) is 41.7 Å². The molecule has 4 aromatic rings. The lowest BCUT2D eigenvalue weighted by Gasteiger charge is -2.14. The number of imidazole rings is 1. The molecule has 144 valence electrons. The highest BCUT2D eigenvalue weighted by molar-refractivity contribution is 5.95. The molecule has 8 nitrogen and oxygen atoms in total.